The van der Waals surface area contributed by atoms with Crippen molar-refractivity contribution in [1.82, 2.24) is 15.5 Å². The minimum Gasteiger partial charge on any atom is -0.345 e. The smallest absolute Gasteiger partial charge is 0.226 e. The van der Waals surface area contributed by atoms with E-state index in [2.05, 4.69) is 10.6 Å². The molecule has 0 radical (unpaired) electrons. The zero-order valence-corrected chi connectivity index (χ0v) is 10.5. The van der Waals surface area contributed by atoms with Crippen LogP contribution in [0.25, 0.3) is 0 Å². The lowest BCUT2D eigenvalue weighted by atomic mass is 10.1. The number of amides is 1. The normalized spacial score (nSPS) is 12.5. The van der Waals surface area contributed by atoms with Gasteiger partial charge in [-0.05, 0) is 26.6 Å². The van der Waals surface area contributed by atoms with Gasteiger partial charge in [0.2, 0.25) is 5.91 Å². The van der Waals surface area contributed by atoms with Crippen LogP contribution in [0.2, 0.25) is 0 Å². The summed E-state index contributed by atoms with van der Waals surface area (Å²) < 4.78 is 0. The topological polar surface area (TPSA) is 44.4 Å². The quantitative estimate of drug-likeness (QED) is 0.572. The Hall–Kier alpha value is -0.610. The van der Waals surface area contributed by atoms with Gasteiger partial charge in [-0.25, -0.2) is 0 Å². The molecule has 0 saturated heterocycles. The van der Waals surface area contributed by atoms with Gasteiger partial charge in [-0.2, -0.15) is 0 Å². The molecule has 1 unspecified atom stereocenters. The molecule has 0 aromatic rings. The van der Waals surface area contributed by atoms with Gasteiger partial charge in [-0.15, -0.1) is 0 Å². The third-order valence-corrected chi connectivity index (χ3v) is 2.42. The lowest BCUT2D eigenvalue weighted by molar-refractivity contribution is -0.133. The van der Waals surface area contributed by atoms with Crippen LogP contribution in [0, 0.1) is 5.92 Å². The molecule has 0 bridgehead atoms. The van der Waals surface area contributed by atoms with E-state index in [-0.39, 0.29) is 11.8 Å². The van der Waals surface area contributed by atoms with Crippen LogP contribution in [0.15, 0.2) is 0 Å². The molecule has 0 heterocycles. The van der Waals surface area contributed by atoms with Gasteiger partial charge in [0.15, 0.2) is 0 Å². The molecule has 1 atom stereocenters. The van der Waals surface area contributed by atoms with E-state index in [0.29, 0.717) is 0 Å². The predicted octanol–water partition coefficient (Wildman–Crippen LogP) is 0.300. The number of nitrogens with one attached hydrogen (secondary N) is 2. The zero-order chi connectivity index (χ0) is 11.7. The van der Waals surface area contributed by atoms with Crippen molar-refractivity contribution in [3.8, 4) is 0 Å². The van der Waals surface area contributed by atoms with Gasteiger partial charge in [0.1, 0.15) is 0 Å². The highest BCUT2D eigenvalue weighted by molar-refractivity contribution is 5.78. The Labute approximate surface area is 93.4 Å². The Morgan fingerprint density at radius 2 is 2.13 bits per heavy atom. The number of carbonyl (C=O) groups is 1. The summed E-state index contributed by atoms with van der Waals surface area (Å²) in [5.74, 6) is 0.302. The zero-order valence-electron chi connectivity index (χ0n) is 10.5. The summed E-state index contributed by atoms with van der Waals surface area (Å²) >= 11 is 0. The van der Waals surface area contributed by atoms with Crippen LogP contribution < -0.4 is 10.6 Å². The average Bonchev–Trinajstić information content (AvgIpc) is 2.24. The van der Waals surface area contributed by atoms with Gasteiger partial charge in [0.05, 0.1) is 0 Å². The van der Waals surface area contributed by atoms with Crippen molar-refractivity contribution in [3.05, 3.63) is 0 Å². The van der Waals surface area contributed by atoms with Gasteiger partial charge in [0, 0.05) is 26.1 Å². The summed E-state index contributed by atoms with van der Waals surface area (Å²) in [6.45, 7) is 7.50. The van der Waals surface area contributed by atoms with E-state index in [1.54, 1.807) is 0 Å². The van der Waals surface area contributed by atoms with Crippen LogP contribution in [0.3, 0.4) is 0 Å². The molecular weight excluding hydrogens is 190 g/mol. The summed E-state index contributed by atoms with van der Waals surface area (Å²) in [5.41, 5.74) is 0. The monoisotopic (exact) mass is 215 g/mol. The van der Waals surface area contributed by atoms with E-state index in [0.717, 1.165) is 32.6 Å². The Morgan fingerprint density at radius 1 is 1.47 bits per heavy atom. The van der Waals surface area contributed by atoms with Gasteiger partial charge in [-0.3, -0.25) is 4.79 Å². The standard InChI is InChI=1S/C11H25N3O/c1-5-13-9-10(2)11(15)14(4)8-6-7-12-3/h10,12-13H,5-9H2,1-4H3. The fraction of sp³-hybridized carbons (Fsp3) is 0.909. The van der Waals surface area contributed by atoms with Gasteiger partial charge in [-0.1, -0.05) is 13.8 Å². The Morgan fingerprint density at radius 3 is 2.67 bits per heavy atom. The second-order valence-corrected chi connectivity index (χ2v) is 3.93. The molecule has 90 valence electrons. The van der Waals surface area contributed by atoms with Crippen LogP contribution >= 0.6 is 0 Å². The Balaban J connectivity index is 3.75. The maximum atomic E-state index is 11.8. The van der Waals surface area contributed by atoms with Crippen LogP contribution in [0.5, 0.6) is 0 Å². The van der Waals surface area contributed by atoms with Gasteiger partial charge in [0.25, 0.3) is 0 Å². The van der Waals surface area contributed by atoms with Crippen LogP contribution in [0.1, 0.15) is 20.3 Å². The fourth-order valence-corrected chi connectivity index (χ4v) is 1.43. The van der Waals surface area contributed by atoms with Crippen molar-refractivity contribution < 1.29 is 4.79 Å². The number of hydrogen-bond acceptors (Lipinski definition) is 3. The van der Waals surface area contributed by atoms with E-state index < -0.39 is 0 Å². The average molecular weight is 215 g/mol. The largest absolute Gasteiger partial charge is 0.345 e. The minimum atomic E-state index is 0.0736. The Kier molecular flexibility index (Phi) is 8.33. The lowest BCUT2D eigenvalue weighted by Gasteiger charge is -2.21. The molecular formula is C11H25N3O. The second kappa shape index (κ2) is 8.68. The maximum Gasteiger partial charge on any atom is 0.226 e. The van der Waals surface area contributed by atoms with Gasteiger partial charge < -0.3 is 15.5 Å². The number of nitrogens with zero attached hydrogens (tertiary/aromatic N) is 1. The van der Waals surface area contributed by atoms with Crippen LogP contribution in [0.4, 0.5) is 0 Å². The summed E-state index contributed by atoms with van der Waals surface area (Å²) in [6, 6.07) is 0. The molecule has 0 aromatic carbocycles. The minimum absolute atomic E-state index is 0.0736. The van der Waals surface area contributed by atoms with Crippen molar-refractivity contribution in [2.75, 3.05) is 40.3 Å². The lowest BCUT2D eigenvalue weighted by Crippen LogP contribution is -2.37. The molecule has 0 saturated carbocycles. The summed E-state index contributed by atoms with van der Waals surface area (Å²) in [7, 11) is 3.80. The first-order valence-corrected chi connectivity index (χ1v) is 5.73. The molecule has 2 N–H and O–H groups in total. The molecule has 0 aliphatic rings. The van der Waals surface area contributed by atoms with Crippen molar-refractivity contribution >= 4 is 5.91 Å². The van der Waals surface area contributed by atoms with E-state index in [4.69, 9.17) is 0 Å². The highest BCUT2D eigenvalue weighted by Crippen LogP contribution is 2.00. The molecule has 0 aromatic heterocycles. The molecule has 0 rings (SSSR count). The number of rotatable bonds is 8. The summed E-state index contributed by atoms with van der Waals surface area (Å²) in [5, 5.41) is 6.27. The molecule has 0 spiro atoms. The highest BCUT2D eigenvalue weighted by Gasteiger charge is 2.15. The molecule has 0 aliphatic heterocycles. The third-order valence-electron chi connectivity index (χ3n) is 2.42. The van der Waals surface area contributed by atoms with E-state index in [1.807, 2.05) is 32.8 Å². The summed E-state index contributed by atoms with van der Waals surface area (Å²) in [6.07, 6.45) is 1.01. The number of carbonyl (C=O) groups excluding carboxylic acids is 1. The second-order valence-electron chi connectivity index (χ2n) is 3.93. The van der Waals surface area contributed by atoms with Crippen molar-refractivity contribution in [2.24, 2.45) is 5.92 Å². The fourth-order valence-electron chi connectivity index (χ4n) is 1.43. The van der Waals surface area contributed by atoms with E-state index >= 15 is 0 Å². The first-order valence-electron chi connectivity index (χ1n) is 5.73. The van der Waals surface area contributed by atoms with Crippen molar-refractivity contribution in [3.63, 3.8) is 0 Å². The predicted molar refractivity (Wildman–Crippen MR) is 63.9 cm³/mol. The Bertz CT molecular complexity index is 173. The van der Waals surface area contributed by atoms with Crippen molar-refractivity contribution in [2.45, 2.75) is 20.3 Å². The molecule has 15 heavy (non-hydrogen) atoms. The SMILES string of the molecule is CCNCC(C)C(=O)N(C)CCCNC. The van der Waals surface area contributed by atoms with E-state index in [1.165, 1.54) is 0 Å². The molecule has 1 amide bonds. The van der Waals surface area contributed by atoms with Crippen LogP contribution in [-0.2, 0) is 4.79 Å². The maximum absolute atomic E-state index is 11.8. The first kappa shape index (κ1) is 14.4. The molecule has 0 fully saturated rings. The van der Waals surface area contributed by atoms with Crippen LogP contribution in [-0.4, -0.2) is 51.1 Å². The van der Waals surface area contributed by atoms with E-state index in [9.17, 15) is 4.79 Å². The third kappa shape index (κ3) is 6.47. The molecule has 4 nitrogen and oxygen atoms in total. The first-order chi connectivity index (χ1) is 7.13. The summed E-state index contributed by atoms with van der Waals surface area (Å²) in [4.78, 5) is 13.6. The molecule has 4 heteroatoms. The molecule has 0 aliphatic carbocycles. The van der Waals surface area contributed by atoms with Crippen molar-refractivity contribution in [1.29, 1.82) is 0 Å². The van der Waals surface area contributed by atoms with Gasteiger partial charge >= 0.3 is 0 Å². The highest BCUT2D eigenvalue weighted by atomic mass is 16.2. The number of hydrogen-bond donors (Lipinski definition) is 2.